The van der Waals surface area contributed by atoms with Crippen LogP contribution in [0.3, 0.4) is 0 Å². The Morgan fingerprint density at radius 2 is 1.88 bits per heavy atom. The van der Waals surface area contributed by atoms with Gasteiger partial charge in [0.15, 0.2) is 0 Å². The van der Waals surface area contributed by atoms with E-state index in [1.807, 2.05) is 0 Å². The number of carbonyl (C=O) groups is 2. The molecule has 0 rings (SSSR count). The minimum atomic E-state index is -1.03. The molecule has 0 aliphatic heterocycles. The van der Waals surface area contributed by atoms with Crippen LogP contribution in [-0.4, -0.2) is 53.9 Å². The van der Waals surface area contributed by atoms with Crippen molar-refractivity contribution in [2.45, 2.75) is 13.0 Å². The predicted molar refractivity (Wildman–Crippen MR) is 53.9 cm³/mol. The van der Waals surface area contributed by atoms with Gasteiger partial charge in [0.1, 0.15) is 12.7 Å². The molecule has 0 aromatic heterocycles. The summed E-state index contributed by atoms with van der Waals surface area (Å²) < 4.78 is 8.36. The van der Waals surface area contributed by atoms with Gasteiger partial charge in [0.05, 0.1) is 13.7 Å². The molecule has 0 aromatic carbocycles. The maximum absolute atomic E-state index is 10.2. The van der Waals surface area contributed by atoms with E-state index in [0.29, 0.717) is 0 Å². The number of carboxylic acid groups (broad SMARTS) is 1. The summed E-state index contributed by atoms with van der Waals surface area (Å²) in [4.78, 5) is 19.8. The molecule has 16 heavy (non-hydrogen) atoms. The van der Waals surface area contributed by atoms with Crippen LogP contribution in [0, 0.1) is 0 Å². The molecule has 0 saturated heterocycles. The molecular formula is C9H16O7. The molecule has 0 bridgehead atoms. The monoisotopic (exact) mass is 236 g/mol. The minimum absolute atomic E-state index is 0.176. The fourth-order valence-corrected chi connectivity index (χ4v) is 0.276. The molecule has 0 radical (unpaired) electrons. The van der Waals surface area contributed by atoms with E-state index in [1.54, 1.807) is 0 Å². The summed E-state index contributed by atoms with van der Waals surface area (Å²) in [5.74, 6) is -0.935. The van der Waals surface area contributed by atoms with E-state index in [9.17, 15) is 9.59 Å². The van der Waals surface area contributed by atoms with Gasteiger partial charge in [0.2, 0.25) is 0 Å². The summed E-state index contributed by atoms with van der Waals surface area (Å²) in [5, 5.41) is 24.7. The first-order valence-electron chi connectivity index (χ1n) is 4.23. The number of carboxylic acids is 1. The van der Waals surface area contributed by atoms with E-state index in [0.717, 1.165) is 7.11 Å². The smallest absolute Gasteiger partial charge is 0.478 e. The topological polar surface area (TPSA) is 113 Å². The van der Waals surface area contributed by atoms with Crippen molar-refractivity contribution < 1.29 is 34.4 Å². The quantitative estimate of drug-likeness (QED) is 0.456. The van der Waals surface area contributed by atoms with Crippen molar-refractivity contribution in [3.63, 3.8) is 0 Å². The lowest BCUT2D eigenvalue weighted by Crippen LogP contribution is -2.21. The number of ether oxygens (including phenoxy) is 2. The normalized spacial score (nSPS) is 10.5. The maximum atomic E-state index is 10.2. The highest BCUT2D eigenvalue weighted by Gasteiger charge is 2.05. The Hall–Kier alpha value is -1.60. The van der Waals surface area contributed by atoms with Crippen molar-refractivity contribution in [2.24, 2.45) is 0 Å². The highest BCUT2D eigenvalue weighted by Crippen LogP contribution is 1.86. The molecular weight excluding hydrogens is 220 g/mol. The van der Waals surface area contributed by atoms with Crippen molar-refractivity contribution >= 4 is 12.1 Å². The maximum Gasteiger partial charge on any atom is 0.508 e. The van der Waals surface area contributed by atoms with E-state index in [2.05, 4.69) is 16.1 Å². The van der Waals surface area contributed by atoms with E-state index in [4.69, 9.17) is 15.3 Å². The van der Waals surface area contributed by atoms with E-state index in [1.165, 1.54) is 6.92 Å². The second-order valence-corrected chi connectivity index (χ2v) is 2.69. The second-order valence-electron chi connectivity index (χ2n) is 2.69. The van der Waals surface area contributed by atoms with Crippen molar-refractivity contribution in [1.29, 1.82) is 0 Å². The summed E-state index contributed by atoms with van der Waals surface area (Å²) in [5.41, 5.74) is 0.176. The van der Waals surface area contributed by atoms with Gasteiger partial charge in [0.25, 0.3) is 0 Å². The lowest BCUT2D eigenvalue weighted by atomic mass is 10.4. The molecule has 94 valence electrons. The van der Waals surface area contributed by atoms with Gasteiger partial charge < -0.3 is 24.8 Å². The van der Waals surface area contributed by atoms with Gasteiger partial charge in [-0.15, -0.1) is 0 Å². The Kier molecular flexibility index (Phi) is 10.4. The largest absolute Gasteiger partial charge is 0.508 e. The van der Waals surface area contributed by atoms with Crippen LogP contribution in [-0.2, 0) is 14.3 Å². The van der Waals surface area contributed by atoms with Gasteiger partial charge in [-0.1, -0.05) is 6.58 Å². The zero-order valence-corrected chi connectivity index (χ0v) is 9.17. The predicted octanol–water partition coefficient (Wildman–Crippen LogP) is -0.230. The molecule has 0 aliphatic carbocycles. The number of hydrogen-bond acceptors (Lipinski definition) is 6. The number of aliphatic hydroxyl groups excluding tert-OH is 2. The lowest BCUT2D eigenvalue weighted by molar-refractivity contribution is -0.132. The first-order chi connectivity index (χ1) is 7.34. The SMILES string of the molecule is C=C(C)C(=O)O.COC(=O)OCC(O)CO. The summed E-state index contributed by atoms with van der Waals surface area (Å²) in [6.45, 7) is 3.92. The Labute approximate surface area is 92.9 Å². The summed E-state index contributed by atoms with van der Waals surface area (Å²) in [6.07, 6.45) is -1.90. The van der Waals surface area contributed by atoms with Crippen LogP contribution in [0.5, 0.6) is 0 Å². The van der Waals surface area contributed by atoms with E-state index < -0.39 is 24.8 Å². The molecule has 0 aromatic rings. The van der Waals surface area contributed by atoms with Crippen molar-refractivity contribution in [3.8, 4) is 0 Å². The molecule has 7 nitrogen and oxygen atoms in total. The summed E-state index contributed by atoms with van der Waals surface area (Å²) in [7, 11) is 1.16. The average Bonchev–Trinajstić information content (AvgIpc) is 2.25. The van der Waals surface area contributed by atoms with Crippen LogP contribution < -0.4 is 0 Å². The van der Waals surface area contributed by atoms with Crippen LogP contribution in [0.15, 0.2) is 12.2 Å². The second kappa shape index (κ2) is 9.94. The molecule has 0 heterocycles. The molecule has 0 amide bonds. The molecule has 0 fully saturated rings. The Balaban J connectivity index is 0. The summed E-state index contributed by atoms with van der Waals surface area (Å²) >= 11 is 0. The first kappa shape index (κ1) is 16.8. The fourth-order valence-electron chi connectivity index (χ4n) is 0.276. The Morgan fingerprint density at radius 1 is 1.44 bits per heavy atom. The van der Waals surface area contributed by atoms with Gasteiger partial charge in [-0.05, 0) is 6.92 Å². The van der Waals surface area contributed by atoms with Crippen LogP contribution in [0.2, 0.25) is 0 Å². The highest BCUT2D eigenvalue weighted by atomic mass is 16.7. The highest BCUT2D eigenvalue weighted by molar-refractivity contribution is 5.84. The molecule has 1 atom stereocenters. The number of rotatable bonds is 4. The van der Waals surface area contributed by atoms with Gasteiger partial charge in [-0.3, -0.25) is 0 Å². The van der Waals surface area contributed by atoms with E-state index in [-0.39, 0.29) is 12.2 Å². The van der Waals surface area contributed by atoms with Gasteiger partial charge in [0, 0.05) is 5.57 Å². The van der Waals surface area contributed by atoms with E-state index >= 15 is 0 Å². The Bertz CT molecular complexity index is 224. The zero-order chi connectivity index (χ0) is 13.1. The van der Waals surface area contributed by atoms with Gasteiger partial charge in [-0.25, -0.2) is 9.59 Å². The van der Waals surface area contributed by atoms with Crippen LogP contribution in [0.25, 0.3) is 0 Å². The summed E-state index contributed by atoms with van der Waals surface area (Å²) in [6, 6.07) is 0. The third-order valence-corrected chi connectivity index (χ3v) is 1.14. The fraction of sp³-hybridized carbons (Fsp3) is 0.556. The third kappa shape index (κ3) is 12.4. The molecule has 0 spiro atoms. The molecule has 1 unspecified atom stereocenters. The number of hydrogen-bond donors (Lipinski definition) is 3. The lowest BCUT2D eigenvalue weighted by Gasteiger charge is -2.05. The average molecular weight is 236 g/mol. The van der Waals surface area contributed by atoms with Crippen molar-refractivity contribution in [3.05, 3.63) is 12.2 Å². The molecule has 3 N–H and O–H groups in total. The van der Waals surface area contributed by atoms with Crippen molar-refractivity contribution in [1.82, 2.24) is 0 Å². The Morgan fingerprint density at radius 3 is 2.12 bits per heavy atom. The number of methoxy groups -OCH3 is 1. The number of aliphatic carboxylic acids is 1. The van der Waals surface area contributed by atoms with Crippen LogP contribution >= 0.6 is 0 Å². The molecule has 0 aliphatic rings. The first-order valence-corrected chi connectivity index (χ1v) is 4.23. The van der Waals surface area contributed by atoms with Crippen LogP contribution in [0.1, 0.15) is 6.92 Å². The van der Waals surface area contributed by atoms with Crippen LogP contribution in [0.4, 0.5) is 4.79 Å². The molecule has 7 heteroatoms. The minimum Gasteiger partial charge on any atom is -0.478 e. The number of aliphatic hydroxyl groups is 2. The third-order valence-electron chi connectivity index (χ3n) is 1.14. The number of carbonyl (C=O) groups excluding carboxylic acids is 1. The van der Waals surface area contributed by atoms with Gasteiger partial charge in [-0.2, -0.15) is 0 Å². The standard InChI is InChI=1S/C5H10O5.C4H6O2/c1-9-5(8)10-3-4(7)2-6;1-3(2)4(5)6/h4,6-7H,2-3H2,1H3;1H2,2H3,(H,5,6). The zero-order valence-electron chi connectivity index (χ0n) is 9.17. The van der Waals surface area contributed by atoms with Gasteiger partial charge >= 0.3 is 12.1 Å². The molecule has 0 saturated carbocycles. The van der Waals surface area contributed by atoms with Crippen molar-refractivity contribution in [2.75, 3.05) is 20.3 Å².